The standard InChI is InChI=1S/C31H50N2S2/c1-21(2)7-6-8-22(3)27-11-12-28-26-10-9-23-17-25(35-34-19-24-18-32-20-33-24)13-15-30(23,4)29(26)14-16-31(27,28)5/h9,18,20-22,25-29H,6-8,10-17,19H2,1-5H3,(H,32,33)/t22-,25?,26?,27-,28+,29?,30+,31-/m1/s1. The molecule has 0 radical (unpaired) electrons. The highest BCUT2D eigenvalue weighted by atomic mass is 33.1. The van der Waals surface area contributed by atoms with Crippen LogP contribution in [0.25, 0.3) is 0 Å². The quantitative estimate of drug-likeness (QED) is 0.262. The molecule has 8 atom stereocenters. The third kappa shape index (κ3) is 5.18. The molecule has 2 nitrogen and oxygen atoms in total. The normalized spacial score (nSPS) is 39.6. The van der Waals surface area contributed by atoms with E-state index in [9.17, 15) is 0 Å². The maximum absolute atomic E-state index is 4.16. The van der Waals surface area contributed by atoms with Gasteiger partial charge in [0.15, 0.2) is 0 Å². The minimum atomic E-state index is 0.482. The van der Waals surface area contributed by atoms with Gasteiger partial charge in [0, 0.05) is 22.9 Å². The lowest BCUT2D eigenvalue weighted by molar-refractivity contribution is -0.0497. The van der Waals surface area contributed by atoms with E-state index in [1.807, 2.05) is 22.6 Å². The van der Waals surface area contributed by atoms with Crippen LogP contribution in [-0.4, -0.2) is 15.2 Å². The van der Waals surface area contributed by atoms with Crippen molar-refractivity contribution in [3.05, 3.63) is 29.9 Å². The summed E-state index contributed by atoms with van der Waals surface area (Å²) in [5, 5.41) is 0.787. The Kier molecular flexibility index (Phi) is 8.10. The Morgan fingerprint density at radius 2 is 1.91 bits per heavy atom. The number of hydrogen-bond donors (Lipinski definition) is 1. The third-order valence-corrected chi connectivity index (χ3v) is 14.1. The SMILES string of the molecule is CC(C)CCC[C@@H](C)[C@H]1CC[C@H]2C3CC=C4CC(SSCc5cnc[nH]5)CC[C@]4(C)C3CC[C@]12C. The maximum atomic E-state index is 4.16. The lowest BCUT2D eigenvalue weighted by Crippen LogP contribution is -2.50. The number of rotatable bonds is 9. The van der Waals surface area contributed by atoms with Crippen molar-refractivity contribution in [1.29, 1.82) is 0 Å². The topological polar surface area (TPSA) is 28.7 Å². The number of H-pyrrole nitrogens is 1. The largest absolute Gasteiger partial charge is 0.348 e. The summed E-state index contributed by atoms with van der Waals surface area (Å²) in [6.45, 7) is 12.8. The molecule has 3 fully saturated rings. The Balaban J connectivity index is 1.21. The van der Waals surface area contributed by atoms with Crippen LogP contribution in [0.15, 0.2) is 24.2 Å². The van der Waals surface area contributed by atoms with Crippen LogP contribution in [0.1, 0.15) is 111 Å². The van der Waals surface area contributed by atoms with E-state index >= 15 is 0 Å². The van der Waals surface area contributed by atoms with Crippen molar-refractivity contribution >= 4 is 21.6 Å². The van der Waals surface area contributed by atoms with Crippen molar-refractivity contribution in [2.75, 3.05) is 0 Å². The summed E-state index contributed by atoms with van der Waals surface area (Å²) < 4.78 is 0. The molecule has 0 aliphatic heterocycles. The van der Waals surface area contributed by atoms with Crippen molar-refractivity contribution in [2.24, 2.45) is 46.3 Å². The van der Waals surface area contributed by atoms with Crippen molar-refractivity contribution in [3.8, 4) is 0 Å². The molecule has 1 heterocycles. The van der Waals surface area contributed by atoms with Crippen LogP contribution in [0.4, 0.5) is 0 Å². The number of aromatic amines is 1. The fraction of sp³-hybridized carbons (Fsp3) is 0.839. The monoisotopic (exact) mass is 514 g/mol. The first-order chi connectivity index (χ1) is 16.8. The van der Waals surface area contributed by atoms with Crippen LogP contribution in [-0.2, 0) is 5.75 Å². The zero-order valence-electron chi connectivity index (χ0n) is 23.0. The molecule has 0 bridgehead atoms. The molecule has 0 saturated heterocycles. The van der Waals surface area contributed by atoms with Gasteiger partial charge in [-0.25, -0.2) is 4.98 Å². The van der Waals surface area contributed by atoms with Gasteiger partial charge in [-0.15, -0.1) is 0 Å². The van der Waals surface area contributed by atoms with E-state index < -0.39 is 0 Å². The Morgan fingerprint density at radius 3 is 2.69 bits per heavy atom. The highest BCUT2D eigenvalue weighted by Gasteiger charge is 2.59. The second-order valence-electron chi connectivity index (χ2n) is 13.6. The fourth-order valence-electron chi connectivity index (χ4n) is 9.29. The summed E-state index contributed by atoms with van der Waals surface area (Å²) in [5.41, 5.74) is 4.18. The van der Waals surface area contributed by atoms with Gasteiger partial charge >= 0.3 is 0 Å². The Bertz CT molecular complexity index is 863. The number of allylic oxidation sites excluding steroid dienone is 2. The zero-order valence-corrected chi connectivity index (χ0v) is 24.7. The molecule has 4 aliphatic carbocycles. The number of aromatic nitrogens is 2. The molecule has 3 saturated carbocycles. The molecule has 1 aromatic heterocycles. The van der Waals surface area contributed by atoms with Crippen molar-refractivity contribution < 1.29 is 0 Å². The molecule has 0 spiro atoms. The van der Waals surface area contributed by atoms with Crippen molar-refractivity contribution in [1.82, 2.24) is 9.97 Å². The van der Waals surface area contributed by atoms with Crippen molar-refractivity contribution in [2.45, 2.75) is 116 Å². The van der Waals surface area contributed by atoms with E-state index in [0.717, 1.165) is 46.5 Å². The summed E-state index contributed by atoms with van der Waals surface area (Å²) in [7, 11) is 4.15. The maximum Gasteiger partial charge on any atom is 0.0921 e. The molecule has 0 aromatic carbocycles. The zero-order chi connectivity index (χ0) is 24.6. The number of fused-ring (bicyclic) bond motifs is 5. The van der Waals surface area contributed by atoms with Gasteiger partial charge in [-0.05, 0) is 97.7 Å². The molecule has 35 heavy (non-hydrogen) atoms. The predicted octanol–water partition coefficient (Wildman–Crippen LogP) is 9.70. The van der Waals surface area contributed by atoms with E-state index in [4.69, 9.17) is 0 Å². The lowest BCUT2D eigenvalue weighted by atomic mass is 9.47. The molecular formula is C31H50N2S2. The van der Waals surface area contributed by atoms with Crippen LogP contribution in [0.3, 0.4) is 0 Å². The van der Waals surface area contributed by atoms with Crippen molar-refractivity contribution in [3.63, 3.8) is 0 Å². The summed E-state index contributed by atoms with van der Waals surface area (Å²) in [6, 6.07) is 0. The van der Waals surface area contributed by atoms with Gasteiger partial charge in [-0.2, -0.15) is 0 Å². The summed E-state index contributed by atoms with van der Waals surface area (Å²) in [6.07, 6.45) is 22.4. The van der Waals surface area contributed by atoms with Crippen LogP contribution >= 0.6 is 21.6 Å². The molecular weight excluding hydrogens is 464 g/mol. The molecule has 4 aliphatic rings. The van der Waals surface area contributed by atoms with Crippen LogP contribution in [0.2, 0.25) is 0 Å². The first-order valence-electron chi connectivity index (χ1n) is 14.8. The molecule has 1 N–H and O–H groups in total. The van der Waals surface area contributed by atoms with Gasteiger partial charge < -0.3 is 4.98 Å². The molecule has 1 aromatic rings. The van der Waals surface area contributed by atoms with Gasteiger partial charge in [0.05, 0.1) is 6.33 Å². The average molecular weight is 515 g/mol. The van der Waals surface area contributed by atoms with Crippen LogP contribution < -0.4 is 0 Å². The minimum Gasteiger partial charge on any atom is -0.348 e. The second kappa shape index (κ2) is 10.8. The second-order valence-corrected chi connectivity index (χ2v) is 16.3. The van der Waals surface area contributed by atoms with Gasteiger partial charge in [0.25, 0.3) is 0 Å². The molecule has 3 unspecified atom stereocenters. The Hall–Kier alpha value is -0.350. The van der Waals surface area contributed by atoms with Gasteiger partial charge in [-0.3, -0.25) is 0 Å². The summed E-state index contributed by atoms with van der Waals surface area (Å²) >= 11 is 0. The summed E-state index contributed by atoms with van der Waals surface area (Å²) in [4.78, 5) is 7.41. The highest BCUT2D eigenvalue weighted by molar-refractivity contribution is 8.76. The Morgan fingerprint density at radius 1 is 1.06 bits per heavy atom. The van der Waals surface area contributed by atoms with Gasteiger partial charge in [0.2, 0.25) is 0 Å². The lowest BCUT2D eigenvalue weighted by Gasteiger charge is -2.58. The minimum absolute atomic E-state index is 0.482. The number of nitrogens with zero attached hydrogens (tertiary/aromatic N) is 1. The number of imidazole rings is 1. The molecule has 0 amide bonds. The van der Waals surface area contributed by atoms with Crippen LogP contribution in [0, 0.1) is 46.3 Å². The van der Waals surface area contributed by atoms with Gasteiger partial charge in [-0.1, -0.05) is 87.1 Å². The van der Waals surface area contributed by atoms with E-state index in [-0.39, 0.29) is 0 Å². The smallest absolute Gasteiger partial charge is 0.0921 e. The van der Waals surface area contributed by atoms with E-state index in [1.165, 1.54) is 76.3 Å². The fourth-order valence-corrected chi connectivity index (χ4v) is 12.0. The van der Waals surface area contributed by atoms with E-state index in [1.54, 1.807) is 6.33 Å². The van der Waals surface area contributed by atoms with Crippen LogP contribution in [0.5, 0.6) is 0 Å². The molecule has 196 valence electrons. The first kappa shape index (κ1) is 26.3. The molecule has 4 heteroatoms. The summed E-state index contributed by atoms with van der Waals surface area (Å²) in [5.74, 6) is 6.66. The predicted molar refractivity (Wildman–Crippen MR) is 154 cm³/mol. The van der Waals surface area contributed by atoms with E-state index in [0.29, 0.717) is 10.8 Å². The highest BCUT2D eigenvalue weighted by Crippen LogP contribution is 2.67. The Labute approximate surface area is 223 Å². The number of hydrogen-bond acceptors (Lipinski definition) is 3. The average Bonchev–Trinajstić information content (AvgIpc) is 3.46. The van der Waals surface area contributed by atoms with E-state index in [2.05, 4.69) is 61.5 Å². The van der Waals surface area contributed by atoms with Gasteiger partial charge in [0.1, 0.15) is 0 Å². The molecule has 5 rings (SSSR count). The number of nitrogens with one attached hydrogen (secondary N) is 1. The first-order valence-corrected chi connectivity index (χ1v) is 17.1. The third-order valence-electron chi connectivity index (χ3n) is 11.2.